The van der Waals surface area contributed by atoms with Crippen molar-refractivity contribution in [3.63, 3.8) is 0 Å². The molecular formula is C41H35N5. The molecule has 5 heteroatoms. The molecule has 6 aromatic carbocycles. The number of aliphatic imine (C=N–C) groups is 1. The number of rotatable bonds is 6. The van der Waals surface area contributed by atoms with Crippen LogP contribution in [0.15, 0.2) is 169 Å². The Balaban J connectivity index is 1.20. The van der Waals surface area contributed by atoms with Crippen molar-refractivity contribution in [3.05, 3.63) is 197 Å². The van der Waals surface area contributed by atoms with Crippen LogP contribution in [0.25, 0.3) is 16.5 Å². The van der Waals surface area contributed by atoms with Crippen LogP contribution in [0.4, 0.5) is 0 Å². The van der Waals surface area contributed by atoms with Crippen molar-refractivity contribution >= 4 is 22.3 Å². The van der Waals surface area contributed by atoms with E-state index in [0.717, 1.165) is 33.8 Å². The van der Waals surface area contributed by atoms with E-state index in [2.05, 4.69) is 173 Å². The van der Waals surface area contributed by atoms with Gasteiger partial charge in [-0.15, -0.1) is 0 Å². The molecule has 0 amide bonds. The molecule has 0 fully saturated rings. The molecule has 4 unspecified atom stereocenters. The summed E-state index contributed by atoms with van der Waals surface area (Å²) in [7, 11) is 0. The van der Waals surface area contributed by atoms with Crippen LogP contribution in [0.5, 0.6) is 0 Å². The molecule has 4 atom stereocenters. The van der Waals surface area contributed by atoms with E-state index in [1.54, 1.807) is 0 Å². The Hall–Kier alpha value is -5.49. The second-order valence-electron chi connectivity index (χ2n) is 11.8. The van der Waals surface area contributed by atoms with E-state index in [1.807, 2.05) is 12.1 Å². The maximum absolute atomic E-state index is 5.13. The molecule has 0 saturated carbocycles. The van der Waals surface area contributed by atoms with E-state index < -0.39 is 0 Å². The van der Waals surface area contributed by atoms with Crippen LogP contribution in [-0.4, -0.2) is 5.84 Å². The third-order valence-corrected chi connectivity index (χ3v) is 8.87. The minimum Gasteiger partial charge on any atom is -0.366 e. The fraction of sp³-hybridized carbons (Fsp3) is 0.0976. The number of nitrogens with zero attached hydrogens (tertiary/aromatic N) is 1. The quantitative estimate of drug-likeness (QED) is 0.157. The lowest BCUT2D eigenvalue weighted by Gasteiger charge is -2.37. The smallest absolute Gasteiger partial charge is 0.131 e. The van der Waals surface area contributed by atoms with Gasteiger partial charge in [0.2, 0.25) is 0 Å². The summed E-state index contributed by atoms with van der Waals surface area (Å²) < 4.78 is 0. The molecule has 5 nitrogen and oxygen atoms in total. The lowest BCUT2D eigenvalue weighted by molar-refractivity contribution is 0.393. The van der Waals surface area contributed by atoms with Gasteiger partial charge in [0.05, 0.1) is 6.04 Å². The SMILES string of the molecule is C1=C(c2ccccc2)NC(c2ccccc2C2NC(c3ccccc3)=NC(c3ccccc3)N2)NC1c1cccc2ccccc12. The molecule has 0 spiro atoms. The predicted octanol–water partition coefficient (Wildman–Crippen LogP) is 8.15. The predicted molar refractivity (Wildman–Crippen MR) is 188 cm³/mol. The van der Waals surface area contributed by atoms with Crippen molar-refractivity contribution in [2.75, 3.05) is 0 Å². The molecule has 0 aliphatic carbocycles. The number of benzene rings is 6. The van der Waals surface area contributed by atoms with Gasteiger partial charge in [0.15, 0.2) is 0 Å². The van der Waals surface area contributed by atoms with Crippen LogP contribution >= 0.6 is 0 Å². The summed E-state index contributed by atoms with van der Waals surface area (Å²) in [4.78, 5) is 5.13. The number of fused-ring (bicyclic) bond motifs is 1. The minimum atomic E-state index is -0.203. The topological polar surface area (TPSA) is 60.5 Å². The van der Waals surface area contributed by atoms with Gasteiger partial charge in [-0.1, -0.05) is 158 Å². The van der Waals surface area contributed by atoms with Crippen molar-refractivity contribution in [1.82, 2.24) is 21.3 Å². The van der Waals surface area contributed by atoms with Crippen molar-refractivity contribution in [2.45, 2.75) is 24.5 Å². The normalized spacial score (nSPS) is 21.0. The number of hydrogen-bond acceptors (Lipinski definition) is 5. The first kappa shape index (κ1) is 28.0. The van der Waals surface area contributed by atoms with Crippen LogP contribution in [0.1, 0.15) is 57.9 Å². The van der Waals surface area contributed by atoms with Gasteiger partial charge in [-0.2, -0.15) is 0 Å². The average molecular weight is 598 g/mol. The summed E-state index contributed by atoms with van der Waals surface area (Å²) in [5.41, 5.74) is 8.03. The molecule has 6 aromatic rings. The maximum atomic E-state index is 5.13. The first-order valence-electron chi connectivity index (χ1n) is 15.9. The summed E-state index contributed by atoms with van der Waals surface area (Å²) in [5.74, 6) is 0.871. The zero-order valence-electron chi connectivity index (χ0n) is 25.3. The zero-order valence-corrected chi connectivity index (χ0v) is 25.3. The van der Waals surface area contributed by atoms with Gasteiger partial charge in [-0.3, -0.25) is 10.6 Å². The maximum Gasteiger partial charge on any atom is 0.131 e. The third kappa shape index (κ3) is 5.58. The standard InChI is InChI=1S/C41H35N5/c1-4-16-29(17-5-1)36-27-37(33-26-14-22-28-15-10-11-23-32(28)33)43-40(42-36)34-24-12-13-25-35(34)41-45-38(30-18-6-2-7-19-30)44-39(46-41)31-20-8-3-9-21-31/h1-27,37-38,40-43,45H,(H,44,46). The van der Waals surface area contributed by atoms with E-state index >= 15 is 0 Å². The Kier molecular flexibility index (Phi) is 7.60. The summed E-state index contributed by atoms with van der Waals surface area (Å²) in [6, 6.07) is 55.3. The first-order chi connectivity index (χ1) is 22.8. The molecule has 2 heterocycles. The summed E-state index contributed by atoms with van der Waals surface area (Å²) in [6.07, 6.45) is 1.78. The Morgan fingerprint density at radius 3 is 1.76 bits per heavy atom. The highest BCUT2D eigenvalue weighted by molar-refractivity contribution is 5.99. The van der Waals surface area contributed by atoms with Gasteiger partial charge in [-0.05, 0) is 44.7 Å². The van der Waals surface area contributed by atoms with Crippen molar-refractivity contribution in [3.8, 4) is 0 Å². The Labute approximate surface area is 269 Å². The summed E-state index contributed by atoms with van der Waals surface area (Å²) >= 11 is 0. The molecule has 0 bridgehead atoms. The van der Waals surface area contributed by atoms with Gasteiger partial charge < -0.3 is 10.6 Å². The van der Waals surface area contributed by atoms with Crippen LogP contribution in [0.2, 0.25) is 0 Å². The highest BCUT2D eigenvalue weighted by Crippen LogP contribution is 2.35. The molecular weight excluding hydrogens is 562 g/mol. The van der Waals surface area contributed by atoms with Gasteiger partial charge in [0.25, 0.3) is 0 Å². The van der Waals surface area contributed by atoms with Crippen LogP contribution in [-0.2, 0) is 0 Å². The van der Waals surface area contributed by atoms with Gasteiger partial charge in [0, 0.05) is 11.3 Å². The highest BCUT2D eigenvalue weighted by atomic mass is 15.3. The van der Waals surface area contributed by atoms with E-state index in [0.29, 0.717) is 0 Å². The second kappa shape index (κ2) is 12.5. The fourth-order valence-corrected chi connectivity index (χ4v) is 6.61. The van der Waals surface area contributed by atoms with Gasteiger partial charge in [-0.25, -0.2) is 4.99 Å². The molecule has 8 rings (SSSR count). The lowest BCUT2D eigenvalue weighted by atomic mass is 9.93. The van der Waals surface area contributed by atoms with Crippen LogP contribution < -0.4 is 21.3 Å². The number of nitrogens with one attached hydrogen (secondary N) is 4. The second-order valence-corrected chi connectivity index (χ2v) is 11.8. The number of hydrogen-bond donors (Lipinski definition) is 4. The Morgan fingerprint density at radius 2 is 1.02 bits per heavy atom. The summed E-state index contributed by atoms with van der Waals surface area (Å²) in [5, 5.41) is 17.9. The molecule has 46 heavy (non-hydrogen) atoms. The Morgan fingerprint density at radius 1 is 0.457 bits per heavy atom. The third-order valence-electron chi connectivity index (χ3n) is 8.87. The average Bonchev–Trinajstić information content (AvgIpc) is 3.15. The van der Waals surface area contributed by atoms with Gasteiger partial charge >= 0.3 is 0 Å². The molecule has 2 aliphatic rings. The summed E-state index contributed by atoms with van der Waals surface area (Å²) in [6.45, 7) is 0. The van der Waals surface area contributed by atoms with E-state index in [9.17, 15) is 0 Å². The molecule has 2 aliphatic heterocycles. The molecule has 4 N–H and O–H groups in total. The van der Waals surface area contributed by atoms with E-state index in [-0.39, 0.29) is 24.5 Å². The number of amidine groups is 1. The van der Waals surface area contributed by atoms with E-state index in [1.165, 1.54) is 21.9 Å². The largest absolute Gasteiger partial charge is 0.366 e. The van der Waals surface area contributed by atoms with Crippen molar-refractivity contribution < 1.29 is 0 Å². The Bertz CT molecular complexity index is 2020. The van der Waals surface area contributed by atoms with E-state index in [4.69, 9.17) is 4.99 Å². The van der Waals surface area contributed by atoms with Crippen molar-refractivity contribution in [1.29, 1.82) is 0 Å². The first-order valence-corrected chi connectivity index (χ1v) is 15.9. The minimum absolute atomic E-state index is 0.00797. The zero-order chi connectivity index (χ0) is 30.7. The van der Waals surface area contributed by atoms with Crippen LogP contribution in [0, 0.1) is 0 Å². The molecule has 224 valence electrons. The highest BCUT2D eigenvalue weighted by Gasteiger charge is 2.31. The molecule has 0 saturated heterocycles. The van der Waals surface area contributed by atoms with Gasteiger partial charge in [0.1, 0.15) is 24.3 Å². The van der Waals surface area contributed by atoms with Crippen LogP contribution in [0.3, 0.4) is 0 Å². The fourth-order valence-electron chi connectivity index (χ4n) is 6.61. The lowest BCUT2D eigenvalue weighted by Crippen LogP contribution is -2.46. The molecule has 0 radical (unpaired) electrons. The molecule has 0 aromatic heterocycles. The monoisotopic (exact) mass is 597 g/mol. The van der Waals surface area contributed by atoms with Crippen molar-refractivity contribution in [2.24, 2.45) is 4.99 Å².